The van der Waals surface area contributed by atoms with Crippen molar-refractivity contribution in [3.05, 3.63) is 24.2 Å². The number of epoxide rings is 1. The van der Waals surface area contributed by atoms with Crippen molar-refractivity contribution < 1.29 is 38.4 Å². The Morgan fingerprint density at radius 1 is 1.21 bits per heavy atom. The van der Waals surface area contributed by atoms with Crippen molar-refractivity contribution in [2.45, 2.75) is 56.2 Å². The summed E-state index contributed by atoms with van der Waals surface area (Å²) in [5, 5.41) is 22.6. The van der Waals surface area contributed by atoms with Gasteiger partial charge in [0.25, 0.3) is 0 Å². The lowest BCUT2D eigenvalue weighted by molar-refractivity contribution is -0.226. The fraction of sp³-hybridized carbons (Fsp3) is 0.700. The van der Waals surface area contributed by atoms with Gasteiger partial charge in [-0.25, -0.2) is 4.79 Å². The molecule has 8 nitrogen and oxygen atoms in total. The molecule has 2 aliphatic carbocycles. The van der Waals surface area contributed by atoms with Gasteiger partial charge in [0.1, 0.15) is 18.8 Å². The van der Waals surface area contributed by atoms with Gasteiger partial charge in [-0.3, -0.25) is 4.79 Å². The highest BCUT2D eigenvalue weighted by atomic mass is 16.6. The quantitative estimate of drug-likeness (QED) is 0.532. The zero-order chi connectivity index (χ0) is 19.5. The molecule has 1 aromatic heterocycles. The molecule has 4 heterocycles. The Balaban J connectivity index is 1.51. The first kappa shape index (κ1) is 17.0. The lowest BCUT2D eigenvalue weighted by Crippen LogP contribution is -2.72. The summed E-state index contributed by atoms with van der Waals surface area (Å²) in [7, 11) is 0. The van der Waals surface area contributed by atoms with Crippen LogP contribution in [-0.2, 0) is 23.8 Å². The van der Waals surface area contributed by atoms with Gasteiger partial charge in [0.15, 0.2) is 0 Å². The first-order valence-corrected chi connectivity index (χ1v) is 9.82. The minimum absolute atomic E-state index is 0.112. The minimum Gasteiger partial charge on any atom is -0.472 e. The summed E-state index contributed by atoms with van der Waals surface area (Å²) in [6.45, 7) is 1.82. The molecule has 150 valence electrons. The first-order valence-electron chi connectivity index (χ1n) is 9.82. The van der Waals surface area contributed by atoms with Crippen molar-refractivity contribution in [1.82, 2.24) is 0 Å². The zero-order valence-corrected chi connectivity index (χ0v) is 15.4. The van der Waals surface area contributed by atoms with E-state index in [1.807, 2.05) is 6.92 Å². The van der Waals surface area contributed by atoms with Crippen LogP contribution < -0.4 is 0 Å². The molecule has 0 unspecified atom stereocenters. The van der Waals surface area contributed by atoms with Crippen molar-refractivity contribution in [3.63, 3.8) is 0 Å². The van der Waals surface area contributed by atoms with Gasteiger partial charge in [0.2, 0.25) is 5.60 Å². The number of cyclic esters (lactones) is 2. The van der Waals surface area contributed by atoms with Crippen molar-refractivity contribution in [3.8, 4) is 0 Å². The van der Waals surface area contributed by atoms with Crippen LogP contribution in [0.2, 0.25) is 0 Å². The van der Waals surface area contributed by atoms with E-state index in [0.717, 1.165) is 5.56 Å². The van der Waals surface area contributed by atoms with E-state index in [2.05, 4.69) is 0 Å². The Morgan fingerprint density at radius 3 is 2.79 bits per heavy atom. The van der Waals surface area contributed by atoms with Crippen LogP contribution in [0.1, 0.15) is 37.9 Å². The van der Waals surface area contributed by atoms with E-state index < -0.39 is 46.6 Å². The molecule has 0 bridgehead atoms. The molecular formula is C20H22O8. The molecule has 28 heavy (non-hydrogen) atoms. The summed E-state index contributed by atoms with van der Waals surface area (Å²) in [4.78, 5) is 25.9. The van der Waals surface area contributed by atoms with Crippen LogP contribution in [0.3, 0.4) is 0 Å². The SMILES string of the molecule is C[C@@H]1C[C@@H](O)[C@@]23COC(=O)[C@]2(O)[C@@H]2O[C@@H]2C[C@@H]3[C@]12C[C@@H](c1ccoc1)OC2=O. The van der Waals surface area contributed by atoms with Crippen LogP contribution in [0.5, 0.6) is 0 Å². The van der Waals surface area contributed by atoms with Gasteiger partial charge in [-0.2, -0.15) is 0 Å². The number of carbonyl (C=O) groups is 2. The first-order chi connectivity index (χ1) is 13.4. The average Bonchev–Trinajstić information content (AvgIpc) is 3.01. The predicted octanol–water partition coefficient (Wildman–Crippen LogP) is 0.716. The number of esters is 2. The number of aliphatic hydroxyl groups excluding tert-OH is 1. The van der Waals surface area contributed by atoms with Crippen LogP contribution in [0.4, 0.5) is 0 Å². The lowest BCUT2D eigenvalue weighted by atomic mass is 9.42. The summed E-state index contributed by atoms with van der Waals surface area (Å²) < 4.78 is 21.9. The predicted molar refractivity (Wildman–Crippen MR) is 89.5 cm³/mol. The Morgan fingerprint density at radius 2 is 2.04 bits per heavy atom. The van der Waals surface area contributed by atoms with E-state index in [4.69, 9.17) is 18.6 Å². The molecule has 6 rings (SSSR count). The summed E-state index contributed by atoms with van der Waals surface area (Å²) in [5.74, 6) is -1.77. The van der Waals surface area contributed by atoms with Gasteiger partial charge in [0.05, 0.1) is 35.6 Å². The molecule has 5 fully saturated rings. The number of hydrogen-bond donors (Lipinski definition) is 2. The molecule has 3 saturated heterocycles. The molecule has 0 aromatic carbocycles. The molecule has 2 spiro atoms. The standard InChI is InChI=1S/C20H22O8/c1-9-4-14(21)19-8-26-17(23)20(19,24)15-11(27-15)5-13(19)18(9)6-12(28-16(18)22)10-2-3-25-7-10/h2-3,7,9,11-15,21,24H,4-6,8H2,1H3/t9-,11-,12+,13-,14-,15-,18+,19+,20-/m1/s1. The van der Waals surface area contributed by atoms with Gasteiger partial charge in [-0.05, 0) is 30.7 Å². The van der Waals surface area contributed by atoms with E-state index in [9.17, 15) is 19.8 Å². The second-order valence-corrected chi connectivity index (χ2v) is 9.11. The summed E-state index contributed by atoms with van der Waals surface area (Å²) in [6, 6.07) is 1.77. The molecule has 1 aromatic rings. The van der Waals surface area contributed by atoms with Gasteiger partial charge in [-0.1, -0.05) is 6.92 Å². The third-order valence-corrected chi connectivity index (χ3v) is 8.29. The molecule has 9 atom stereocenters. The number of rotatable bonds is 1. The average molecular weight is 390 g/mol. The van der Waals surface area contributed by atoms with Crippen molar-refractivity contribution >= 4 is 11.9 Å². The number of carbonyl (C=O) groups excluding carboxylic acids is 2. The smallest absolute Gasteiger partial charge is 0.341 e. The lowest BCUT2D eigenvalue weighted by Gasteiger charge is -2.59. The summed E-state index contributed by atoms with van der Waals surface area (Å²) >= 11 is 0. The molecule has 0 amide bonds. The summed E-state index contributed by atoms with van der Waals surface area (Å²) in [6.07, 6.45) is 1.85. The molecule has 8 heteroatoms. The van der Waals surface area contributed by atoms with Crippen LogP contribution >= 0.6 is 0 Å². The maximum atomic E-state index is 13.3. The normalized spacial score (nSPS) is 54.0. The van der Waals surface area contributed by atoms with Crippen molar-refractivity contribution in [2.75, 3.05) is 6.61 Å². The van der Waals surface area contributed by atoms with Gasteiger partial charge in [0, 0.05) is 12.0 Å². The number of ether oxygens (including phenoxy) is 3. The second kappa shape index (κ2) is 4.98. The van der Waals surface area contributed by atoms with Crippen LogP contribution in [0.25, 0.3) is 0 Å². The monoisotopic (exact) mass is 390 g/mol. The molecule has 2 saturated carbocycles. The molecule has 0 radical (unpaired) electrons. The van der Waals surface area contributed by atoms with Gasteiger partial charge >= 0.3 is 11.9 Å². The Hall–Kier alpha value is -1.90. The van der Waals surface area contributed by atoms with Gasteiger partial charge < -0.3 is 28.8 Å². The minimum atomic E-state index is -1.93. The maximum Gasteiger partial charge on any atom is 0.341 e. The highest BCUT2D eigenvalue weighted by molar-refractivity contribution is 5.87. The highest BCUT2D eigenvalue weighted by Crippen LogP contribution is 2.71. The van der Waals surface area contributed by atoms with E-state index >= 15 is 0 Å². The topological polar surface area (TPSA) is 119 Å². The third kappa shape index (κ3) is 1.62. The van der Waals surface area contributed by atoms with Crippen LogP contribution in [-0.4, -0.2) is 52.7 Å². The Bertz CT molecular complexity index is 866. The second-order valence-electron chi connectivity index (χ2n) is 9.11. The largest absolute Gasteiger partial charge is 0.472 e. The number of aliphatic hydroxyl groups is 2. The van der Waals surface area contributed by atoms with Crippen LogP contribution in [0, 0.1) is 22.7 Å². The van der Waals surface area contributed by atoms with Crippen molar-refractivity contribution in [1.29, 1.82) is 0 Å². The fourth-order valence-electron chi connectivity index (χ4n) is 6.83. The number of furan rings is 1. The molecule has 5 aliphatic rings. The number of hydrogen-bond acceptors (Lipinski definition) is 8. The van der Waals surface area contributed by atoms with E-state index in [1.54, 1.807) is 12.3 Å². The van der Waals surface area contributed by atoms with Crippen LogP contribution in [0.15, 0.2) is 23.0 Å². The maximum absolute atomic E-state index is 13.3. The highest BCUT2D eigenvalue weighted by Gasteiger charge is 2.85. The van der Waals surface area contributed by atoms with E-state index in [0.29, 0.717) is 12.8 Å². The molecule has 3 aliphatic heterocycles. The fourth-order valence-corrected chi connectivity index (χ4v) is 6.83. The van der Waals surface area contributed by atoms with Crippen molar-refractivity contribution in [2.24, 2.45) is 22.7 Å². The summed E-state index contributed by atoms with van der Waals surface area (Å²) in [5.41, 5.74) is -3.34. The van der Waals surface area contributed by atoms with Gasteiger partial charge in [-0.15, -0.1) is 0 Å². The van der Waals surface area contributed by atoms with E-state index in [-0.39, 0.29) is 31.0 Å². The van der Waals surface area contributed by atoms with E-state index in [1.165, 1.54) is 6.26 Å². The third-order valence-electron chi connectivity index (χ3n) is 8.29. The molecular weight excluding hydrogens is 368 g/mol. The molecule has 2 N–H and O–H groups in total. The Kier molecular flexibility index (Phi) is 3.02. The number of fused-ring (bicyclic) bond motifs is 3. The zero-order valence-electron chi connectivity index (χ0n) is 15.4. The Labute approximate surface area is 160 Å².